The fraction of sp³-hybridized carbons (Fsp3) is 0.130. The number of aryl methyl sites for hydroxylation is 2. The number of H-pyrrole nitrogens is 1. The summed E-state index contributed by atoms with van der Waals surface area (Å²) in [5.41, 5.74) is 6.30. The Morgan fingerprint density at radius 2 is 1.93 bits per heavy atom. The predicted octanol–water partition coefficient (Wildman–Crippen LogP) is 5.10. The molecule has 2 heterocycles. The van der Waals surface area contributed by atoms with Crippen LogP contribution >= 0.6 is 0 Å². The van der Waals surface area contributed by atoms with Crippen LogP contribution < -0.4 is 10.6 Å². The van der Waals surface area contributed by atoms with Crippen LogP contribution in [0.25, 0.3) is 10.9 Å². The van der Waals surface area contributed by atoms with E-state index in [2.05, 4.69) is 52.6 Å². The number of pyridine rings is 1. The first kappa shape index (κ1) is 17.8. The normalized spacial score (nSPS) is 10.8. The van der Waals surface area contributed by atoms with Crippen LogP contribution in [0.5, 0.6) is 0 Å². The third-order valence-electron chi connectivity index (χ3n) is 4.73. The van der Waals surface area contributed by atoms with Crippen LogP contribution in [0.1, 0.15) is 16.7 Å². The molecule has 0 radical (unpaired) electrons. The molecule has 0 spiro atoms. The number of anilines is 3. The summed E-state index contributed by atoms with van der Waals surface area (Å²) < 4.78 is 0. The van der Waals surface area contributed by atoms with Gasteiger partial charge in [-0.15, -0.1) is 0 Å². The summed E-state index contributed by atoms with van der Waals surface area (Å²) in [5, 5.41) is 7.30. The first-order chi connectivity index (χ1) is 13.6. The van der Waals surface area contributed by atoms with E-state index in [9.17, 15) is 4.79 Å². The minimum absolute atomic E-state index is 0.0903. The molecule has 0 atom stereocenters. The first-order valence-corrected chi connectivity index (χ1v) is 9.24. The third-order valence-corrected chi connectivity index (χ3v) is 4.73. The second kappa shape index (κ2) is 7.56. The zero-order valence-corrected chi connectivity index (χ0v) is 15.9. The maximum atomic E-state index is 12.4. The number of amides is 1. The van der Waals surface area contributed by atoms with Crippen LogP contribution in [0.15, 0.2) is 67.0 Å². The SMILES string of the molecule is Cc1ccc(C)c(Nc2ccc(NC(=O)Cc3c[nH]c4ccccc34)nc2)c1. The number of carbonyl (C=O) groups excluding carboxylic acids is 1. The van der Waals surface area contributed by atoms with Crippen LogP contribution in [-0.2, 0) is 11.2 Å². The number of aromatic amines is 1. The maximum absolute atomic E-state index is 12.4. The molecule has 5 heteroatoms. The van der Waals surface area contributed by atoms with Crippen molar-refractivity contribution in [2.75, 3.05) is 10.6 Å². The van der Waals surface area contributed by atoms with Crippen molar-refractivity contribution in [3.05, 3.63) is 83.7 Å². The zero-order valence-electron chi connectivity index (χ0n) is 15.9. The van der Waals surface area contributed by atoms with Crippen LogP contribution in [0.2, 0.25) is 0 Å². The molecular formula is C23H22N4O. The van der Waals surface area contributed by atoms with Gasteiger partial charge in [0.05, 0.1) is 18.3 Å². The molecule has 0 aliphatic rings. The summed E-state index contributed by atoms with van der Waals surface area (Å²) >= 11 is 0. The molecule has 1 amide bonds. The quantitative estimate of drug-likeness (QED) is 0.457. The number of nitrogens with one attached hydrogen (secondary N) is 3. The van der Waals surface area contributed by atoms with Gasteiger partial charge in [0, 0.05) is 22.8 Å². The molecule has 0 saturated heterocycles. The Bertz CT molecular complexity index is 1130. The van der Waals surface area contributed by atoms with Crippen molar-refractivity contribution in [3.8, 4) is 0 Å². The molecule has 0 bridgehead atoms. The lowest BCUT2D eigenvalue weighted by Crippen LogP contribution is -2.15. The molecule has 0 fully saturated rings. The van der Waals surface area contributed by atoms with Gasteiger partial charge in [0.25, 0.3) is 0 Å². The number of fused-ring (bicyclic) bond motifs is 1. The monoisotopic (exact) mass is 370 g/mol. The summed E-state index contributed by atoms with van der Waals surface area (Å²) in [5.74, 6) is 0.448. The fourth-order valence-electron chi connectivity index (χ4n) is 3.21. The summed E-state index contributed by atoms with van der Waals surface area (Å²) in [6.45, 7) is 4.13. The molecule has 5 nitrogen and oxygen atoms in total. The molecular weight excluding hydrogens is 348 g/mol. The largest absolute Gasteiger partial charge is 0.361 e. The van der Waals surface area contributed by atoms with Gasteiger partial charge >= 0.3 is 0 Å². The molecule has 0 unspecified atom stereocenters. The second-order valence-corrected chi connectivity index (χ2v) is 6.96. The Balaban J connectivity index is 1.41. The average Bonchev–Trinajstić information content (AvgIpc) is 3.09. The Labute approximate surface area is 163 Å². The topological polar surface area (TPSA) is 69.8 Å². The average molecular weight is 370 g/mol. The highest BCUT2D eigenvalue weighted by molar-refractivity contribution is 5.95. The van der Waals surface area contributed by atoms with E-state index in [0.29, 0.717) is 12.2 Å². The number of benzene rings is 2. The van der Waals surface area contributed by atoms with E-state index in [1.807, 2.05) is 36.5 Å². The molecule has 0 aliphatic heterocycles. The molecule has 2 aromatic heterocycles. The van der Waals surface area contributed by atoms with Gasteiger partial charge in [0.1, 0.15) is 5.82 Å². The number of hydrogen-bond donors (Lipinski definition) is 3. The van der Waals surface area contributed by atoms with E-state index < -0.39 is 0 Å². The van der Waals surface area contributed by atoms with Gasteiger partial charge in [-0.1, -0.05) is 30.3 Å². The van der Waals surface area contributed by atoms with Crippen LogP contribution in [-0.4, -0.2) is 15.9 Å². The molecule has 4 rings (SSSR count). The predicted molar refractivity (Wildman–Crippen MR) is 114 cm³/mol. The van der Waals surface area contributed by atoms with Gasteiger partial charge < -0.3 is 15.6 Å². The Kier molecular flexibility index (Phi) is 4.81. The van der Waals surface area contributed by atoms with Crippen molar-refractivity contribution in [2.45, 2.75) is 20.3 Å². The van der Waals surface area contributed by atoms with Gasteiger partial charge in [0.15, 0.2) is 0 Å². The Hall–Kier alpha value is -3.60. The zero-order chi connectivity index (χ0) is 19.5. The molecule has 0 saturated carbocycles. The van der Waals surface area contributed by atoms with Gasteiger partial charge in [-0.3, -0.25) is 4.79 Å². The van der Waals surface area contributed by atoms with Crippen molar-refractivity contribution in [3.63, 3.8) is 0 Å². The Morgan fingerprint density at radius 3 is 2.75 bits per heavy atom. The third kappa shape index (κ3) is 3.88. The van der Waals surface area contributed by atoms with Crippen LogP contribution in [0.4, 0.5) is 17.2 Å². The van der Waals surface area contributed by atoms with E-state index in [4.69, 9.17) is 0 Å². The maximum Gasteiger partial charge on any atom is 0.230 e. The van der Waals surface area contributed by atoms with E-state index in [0.717, 1.165) is 27.8 Å². The van der Waals surface area contributed by atoms with E-state index >= 15 is 0 Å². The summed E-state index contributed by atoms with van der Waals surface area (Å²) in [7, 11) is 0. The van der Waals surface area contributed by atoms with Gasteiger partial charge in [0.2, 0.25) is 5.91 Å². The van der Waals surface area contributed by atoms with E-state index in [1.54, 1.807) is 12.3 Å². The number of hydrogen-bond acceptors (Lipinski definition) is 3. The number of aromatic nitrogens is 2. The van der Waals surface area contributed by atoms with Crippen molar-refractivity contribution >= 4 is 34.0 Å². The molecule has 140 valence electrons. The minimum Gasteiger partial charge on any atom is -0.361 e. The first-order valence-electron chi connectivity index (χ1n) is 9.24. The number of nitrogens with zero attached hydrogens (tertiary/aromatic N) is 1. The van der Waals surface area contributed by atoms with Gasteiger partial charge in [-0.2, -0.15) is 0 Å². The van der Waals surface area contributed by atoms with Crippen molar-refractivity contribution in [1.29, 1.82) is 0 Å². The molecule has 2 aromatic carbocycles. The number of carbonyl (C=O) groups is 1. The van der Waals surface area contributed by atoms with Gasteiger partial charge in [-0.05, 0) is 54.8 Å². The van der Waals surface area contributed by atoms with Crippen molar-refractivity contribution < 1.29 is 4.79 Å². The highest BCUT2D eigenvalue weighted by atomic mass is 16.1. The number of para-hydroxylation sites is 1. The minimum atomic E-state index is -0.0903. The Morgan fingerprint density at radius 1 is 1.07 bits per heavy atom. The molecule has 28 heavy (non-hydrogen) atoms. The van der Waals surface area contributed by atoms with Crippen molar-refractivity contribution in [2.24, 2.45) is 0 Å². The number of rotatable bonds is 5. The summed E-state index contributed by atoms with van der Waals surface area (Å²) in [6.07, 6.45) is 3.91. The molecule has 0 aliphatic carbocycles. The lowest BCUT2D eigenvalue weighted by Gasteiger charge is -2.11. The van der Waals surface area contributed by atoms with Gasteiger partial charge in [-0.25, -0.2) is 4.98 Å². The van der Waals surface area contributed by atoms with E-state index in [1.165, 1.54) is 11.1 Å². The van der Waals surface area contributed by atoms with Crippen LogP contribution in [0.3, 0.4) is 0 Å². The van der Waals surface area contributed by atoms with E-state index in [-0.39, 0.29) is 5.91 Å². The highest BCUT2D eigenvalue weighted by Gasteiger charge is 2.09. The lowest BCUT2D eigenvalue weighted by molar-refractivity contribution is -0.115. The van der Waals surface area contributed by atoms with Crippen molar-refractivity contribution in [1.82, 2.24) is 9.97 Å². The van der Waals surface area contributed by atoms with Crippen LogP contribution in [0, 0.1) is 13.8 Å². The second-order valence-electron chi connectivity index (χ2n) is 6.96. The lowest BCUT2D eigenvalue weighted by atomic mass is 10.1. The highest BCUT2D eigenvalue weighted by Crippen LogP contribution is 2.22. The molecule has 4 aromatic rings. The smallest absolute Gasteiger partial charge is 0.230 e. The summed E-state index contributed by atoms with van der Waals surface area (Å²) in [4.78, 5) is 19.9. The fourth-order valence-corrected chi connectivity index (χ4v) is 3.21. The standard InChI is InChI=1S/C23H22N4O/c1-15-7-8-16(2)21(11-15)26-18-9-10-22(25-14-18)27-23(28)12-17-13-24-20-6-4-3-5-19(17)20/h3-11,13-14,24,26H,12H2,1-2H3,(H,25,27,28). The summed E-state index contributed by atoms with van der Waals surface area (Å²) in [6, 6.07) is 18.0. The molecule has 3 N–H and O–H groups in total.